The normalized spacial score (nSPS) is 17.7. The van der Waals surface area contributed by atoms with Gasteiger partial charge in [0.05, 0.1) is 5.54 Å². The van der Waals surface area contributed by atoms with Gasteiger partial charge in [-0.2, -0.15) is 0 Å². The molecule has 2 N–H and O–H groups in total. The maximum Gasteiger partial charge on any atom is 0.410 e. The van der Waals surface area contributed by atoms with Crippen LogP contribution in [0.3, 0.4) is 0 Å². The number of alkyl carbamates (subject to hydrolysis) is 1. The average molecular weight is 462 g/mol. The van der Waals surface area contributed by atoms with Crippen LogP contribution in [0.25, 0.3) is 0 Å². The van der Waals surface area contributed by atoms with Crippen molar-refractivity contribution in [2.45, 2.75) is 90.5 Å². The summed E-state index contributed by atoms with van der Waals surface area (Å²) >= 11 is 0. The number of hydrogen-bond donors (Lipinski definition) is 2. The lowest BCUT2D eigenvalue weighted by molar-refractivity contribution is -0.125. The Morgan fingerprint density at radius 3 is 2.45 bits per heavy atom. The fourth-order valence-corrected chi connectivity index (χ4v) is 3.75. The predicted octanol–water partition coefficient (Wildman–Crippen LogP) is 4.38. The first kappa shape index (κ1) is 26.5. The lowest BCUT2D eigenvalue weighted by Gasteiger charge is -2.32. The number of rotatable bonds is 9. The van der Waals surface area contributed by atoms with E-state index in [0.717, 1.165) is 24.8 Å². The third kappa shape index (κ3) is 8.94. The van der Waals surface area contributed by atoms with Gasteiger partial charge < -0.3 is 20.1 Å². The van der Waals surface area contributed by atoms with E-state index >= 15 is 0 Å². The molecule has 184 valence electrons. The van der Waals surface area contributed by atoms with E-state index in [0.29, 0.717) is 19.4 Å². The summed E-state index contributed by atoms with van der Waals surface area (Å²) in [4.78, 5) is 39.4. The fraction of sp³-hybridized carbons (Fsp3) is 0.640. The molecule has 8 nitrogen and oxygen atoms in total. The molecule has 1 fully saturated rings. The molecule has 1 aromatic carbocycles. The molecule has 1 unspecified atom stereocenters. The largest absolute Gasteiger partial charge is 0.445 e. The van der Waals surface area contributed by atoms with Crippen LogP contribution in [0.5, 0.6) is 0 Å². The van der Waals surface area contributed by atoms with Crippen LogP contribution in [0.4, 0.5) is 9.59 Å². The number of carbonyl (C=O) groups excluding carboxylic acids is 3. The molecule has 1 heterocycles. The summed E-state index contributed by atoms with van der Waals surface area (Å²) in [6, 6.07) is 8.90. The minimum atomic E-state index is -0.672. The van der Waals surface area contributed by atoms with Crippen molar-refractivity contribution >= 4 is 18.1 Å². The molecule has 2 atom stereocenters. The number of benzene rings is 1. The summed E-state index contributed by atoms with van der Waals surface area (Å²) in [6.07, 6.45) is 2.86. The van der Waals surface area contributed by atoms with Crippen molar-refractivity contribution in [1.29, 1.82) is 0 Å². The predicted molar refractivity (Wildman–Crippen MR) is 127 cm³/mol. The maximum absolute atomic E-state index is 12.9. The van der Waals surface area contributed by atoms with E-state index in [1.807, 2.05) is 37.3 Å². The second kappa shape index (κ2) is 11.9. The van der Waals surface area contributed by atoms with Crippen LogP contribution in [0.1, 0.15) is 72.3 Å². The Hall–Kier alpha value is -2.77. The highest BCUT2D eigenvalue weighted by Gasteiger charge is 2.37. The van der Waals surface area contributed by atoms with Crippen LogP contribution in [-0.4, -0.2) is 53.3 Å². The van der Waals surface area contributed by atoms with E-state index in [-0.39, 0.29) is 19.1 Å². The monoisotopic (exact) mass is 461 g/mol. The quantitative estimate of drug-likeness (QED) is 0.569. The van der Waals surface area contributed by atoms with Crippen LogP contribution >= 0.6 is 0 Å². The highest BCUT2D eigenvalue weighted by molar-refractivity contribution is 5.86. The second-order valence-corrected chi connectivity index (χ2v) is 9.90. The smallest absolute Gasteiger partial charge is 0.410 e. The first-order valence-corrected chi connectivity index (χ1v) is 11.8. The fourth-order valence-electron chi connectivity index (χ4n) is 3.75. The molecule has 33 heavy (non-hydrogen) atoms. The Morgan fingerprint density at radius 1 is 1.12 bits per heavy atom. The molecule has 1 aliphatic rings. The van der Waals surface area contributed by atoms with Crippen LogP contribution in [-0.2, 0) is 20.9 Å². The van der Waals surface area contributed by atoms with Gasteiger partial charge in [-0.25, -0.2) is 9.59 Å². The number of likely N-dealkylation sites (tertiary alicyclic amines) is 1. The standard InChI is InChI=1S/C25H39N3O5/c1-6-7-15-25(5,27-22(30)32-17-19-12-9-8-10-13-19)18-26-21(29)20-14-11-16-28(20)23(31)33-24(2,3)4/h8-10,12-13,20H,6-7,11,14-18H2,1-5H3,(H,26,29)(H,27,30)/t20-,25?/m0/s1. The minimum absolute atomic E-state index is 0.176. The van der Waals surface area contributed by atoms with E-state index in [9.17, 15) is 14.4 Å². The number of nitrogens with one attached hydrogen (secondary N) is 2. The zero-order valence-corrected chi connectivity index (χ0v) is 20.6. The van der Waals surface area contributed by atoms with E-state index in [1.54, 1.807) is 20.8 Å². The summed E-state index contributed by atoms with van der Waals surface area (Å²) in [5.74, 6) is -0.236. The molecule has 0 aromatic heterocycles. The molecule has 1 aromatic rings. The number of hydrogen-bond acceptors (Lipinski definition) is 5. The zero-order chi connectivity index (χ0) is 24.5. The van der Waals surface area contributed by atoms with Crippen molar-refractivity contribution in [2.75, 3.05) is 13.1 Å². The van der Waals surface area contributed by atoms with Crippen molar-refractivity contribution in [1.82, 2.24) is 15.5 Å². The molecule has 0 radical (unpaired) electrons. The molecule has 0 saturated carbocycles. The highest BCUT2D eigenvalue weighted by Crippen LogP contribution is 2.21. The zero-order valence-electron chi connectivity index (χ0n) is 20.6. The summed E-state index contributed by atoms with van der Waals surface area (Å²) in [5, 5.41) is 5.87. The molecule has 0 aliphatic carbocycles. The number of amides is 3. The number of ether oxygens (including phenoxy) is 2. The lowest BCUT2D eigenvalue weighted by atomic mass is 9.94. The molecule has 2 rings (SSSR count). The molecule has 8 heteroatoms. The molecular formula is C25H39N3O5. The Bertz CT molecular complexity index is 793. The van der Waals surface area contributed by atoms with Gasteiger partial charge in [-0.1, -0.05) is 50.1 Å². The van der Waals surface area contributed by atoms with E-state index in [2.05, 4.69) is 17.6 Å². The number of unbranched alkanes of at least 4 members (excludes halogenated alkanes) is 1. The summed E-state index contributed by atoms with van der Waals surface area (Å²) in [6.45, 7) is 10.3. The van der Waals surface area contributed by atoms with Gasteiger partial charge in [-0.05, 0) is 52.5 Å². The minimum Gasteiger partial charge on any atom is -0.445 e. The van der Waals surface area contributed by atoms with Gasteiger partial charge in [0.1, 0.15) is 18.2 Å². The maximum atomic E-state index is 12.9. The molecule has 0 bridgehead atoms. The van der Waals surface area contributed by atoms with Gasteiger partial charge in [-0.3, -0.25) is 9.69 Å². The van der Waals surface area contributed by atoms with E-state index < -0.39 is 29.4 Å². The van der Waals surface area contributed by atoms with Gasteiger partial charge >= 0.3 is 12.2 Å². The highest BCUT2D eigenvalue weighted by atomic mass is 16.6. The number of carbonyl (C=O) groups is 3. The van der Waals surface area contributed by atoms with Gasteiger partial charge in [0.2, 0.25) is 5.91 Å². The second-order valence-electron chi connectivity index (χ2n) is 9.90. The molecule has 1 saturated heterocycles. The van der Waals surface area contributed by atoms with Crippen molar-refractivity contribution in [3.63, 3.8) is 0 Å². The summed E-state index contributed by atoms with van der Waals surface area (Å²) in [7, 11) is 0. The Balaban J connectivity index is 1.94. The molecule has 0 spiro atoms. The molecule has 3 amide bonds. The Morgan fingerprint density at radius 2 is 1.82 bits per heavy atom. The van der Waals surface area contributed by atoms with Crippen molar-refractivity contribution < 1.29 is 23.9 Å². The molecular weight excluding hydrogens is 422 g/mol. The lowest BCUT2D eigenvalue weighted by Crippen LogP contribution is -2.56. The Kier molecular flexibility index (Phi) is 9.56. The van der Waals surface area contributed by atoms with Crippen LogP contribution < -0.4 is 10.6 Å². The van der Waals surface area contributed by atoms with E-state index in [4.69, 9.17) is 9.47 Å². The van der Waals surface area contributed by atoms with Gasteiger partial charge in [-0.15, -0.1) is 0 Å². The first-order chi connectivity index (χ1) is 15.5. The van der Waals surface area contributed by atoms with Crippen molar-refractivity contribution in [3.8, 4) is 0 Å². The average Bonchev–Trinajstić information content (AvgIpc) is 3.25. The summed E-state index contributed by atoms with van der Waals surface area (Å²) in [5.41, 5.74) is -0.391. The van der Waals surface area contributed by atoms with Crippen LogP contribution in [0, 0.1) is 0 Å². The third-order valence-electron chi connectivity index (χ3n) is 5.53. The SMILES string of the molecule is CCCCC(C)(CNC(=O)[C@@H]1CCCN1C(=O)OC(C)(C)C)NC(=O)OCc1ccccc1. The topological polar surface area (TPSA) is 97.0 Å². The molecule has 1 aliphatic heterocycles. The van der Waals surface area contributed by atoms with Crippen molar-refractivity contribution in [3.05, 3.63) is 35.9 Å². The Labute approximate surface area is 197 Å². The van der Waals surface area contributed by atoms with E-state index in [1.165, 1.54) is 4.90 Å². The van der Waals surface area contributed by atoms with Crippen molar-refractivity contribution in [2.24, 2.45) is 0 Å². The van der Waals surface area contributed by atoms with Crippen LogP contribution in [0.15, 0.2) is 30.3 Å². The summed E-state index contributed by atoms with van der Waals surface area (Å²) < 4.78 is 10.8. The van der Waals surface area contributed by atoms with Crippen LogP contribution in [0.2, 0.25) is 0 Å². The van der Waals surface area contributed by atoms with Gasteiger partial charge in [0, 0.05) is 13.1 Å². The number of nitrogens with zero attached hydrogens (tertiary/aromatic N) is 1. The van der Waals surface area contributed by atoms with Gasteiger partial charge in [0.15, 0.2) is 0 Å². The first-order valence-electron chi connectivity index (χ1n) is 11.8. The van der Waals surface area contributed by atoms with Gasteiger partial charge in [0.25, 0.3) is 0 Å². The third-order valence-corrected chi connectivity index (χ3v) is 5.53.